The summed E-state index contributed by atoms with van der Waals surface area (Å²) in [6, 6.07) is 6.04. The Morgan fingerprint density at radius 1 is 1.28 bits per heavy atom. The van der Waals surface area contributed by atoms with E-state index in [0.29, 0.717) is 0 Å². The van der Waals surface area contributed by atoms with Crippen molar-refractivity contribution in [2.75, 3.05) is 0 Å². The highest BCUT2D eigenvalue weighted by atomic mass is 32.1. The van der Waals surface area contributed by atoms with Crippen LogP contribution in [0.3, 0.4) is 0 Å². The second kappa shape index (κ2) is 4.88. The molecule has 0 bridgehead atoms. The molecule has 0 radical (unpaired) electrons. The lowest BCUT2D eigenvalue weighted by atomic mass is 10.1. The summed E-state index contributed by atoms with van der Waals surface area (Å²) in [6.45, 7) is 3.99. The number of rotatable bonds is 3. The molecule has 1 aromatic heterocycles. The van der Waals surface area contributed by atoms with Gasteiger partial charge >= 0.3 is 5.97 Å². The molecule has 0 saturated carbocycles. The van der Waals surface area contributed by atoms with Gasteiger partial charge in [0.2, 0.25) is 0 Å². The lowest BCUT2D eigenvalue weighted by Crippen LogP contribution is -2.10. The molecule has 4 nitrogen and oxygen atoms in total. The fraction of sp³-hybridized carbons (Fsp3) is 0.231. The first kappa shape index (κ1) is 12.7. The number of aryl methyl sites for hydroxylation is 2. The van der Waals surface area contributed by atoms with Gasteiger partial charge in [-0.3, -0.25) is 0 Å². The lowest BCUT2D eigenvalue weighted by Gasteiger charge is -2.02. The van der Waals surface area contributed by atoms with Crippen LogP contribution in [0, 0.1) is 13.8 Å². The Morgan fingerprint density at radius 3 is 2.44 bits per heavy atom. The highest BCUT2D eigenvalue weighted by Crippen LogP contribution is 2.27. The molecule has 5 heteroatoms. The molecule has 1 atom stereocenters. The molecule has 0 fully saturated rings. The summed E-state index contributed by atoms with van der Waals surface area (Å²) >= 11 is 1.33. The van der Waals surface area contributed by atoms with Crippen LogP contribution in [-0.4, -0.2) is 21.2 Å². The molecular formula is C13H13NO3S. The number of aliphatic hydroxyl groups is 1. The molecule has 2 aromatic rings. The molecule has 1 heterocycles. The van der Waals surface area contributed by atoms with Crippen LogP contribution in [0.2, 0.25) is 0 Å². The molecule has 0 aliphatic heterocycles. The Morgan fingerprint density at radius 2 is 1.89 bits per heavy atom. The van der Waals surface area contributed by atoms with Crippen LogP contribution in [0.15, 0.2) is 23.6 Å². The first-order valence-corrected chi connectivity index (χ1v) is 6.30. The van der Waals surface area contributed by atoms with Crippen molar-refractivity contribution in [1.82, 2.24) is 4.98 Å². The van der Waals surface area contributed by atoms with Crippen molar-refractivity contribution < 1.29 is 15.0 Å². The van der Waals surface area contributed by atoms with Crippen LogP contribution in [-0.2, 0) is 4.79 Å². The SMILES string of the molecule is Cc1cc(C)cc(-c2nc(C(O)C(=O)O)cs2)c1. The van der Waals surface area contributed by atoms with E-state index in [0.717, 1.165) is 21.7 Å². The second-order valence-corrected chi connectivity index (χ2v) is 5.05. The molecule has 18 heavy (non-hydrogen) atoms. The van der Waals surface area contributed by atoms with Crippen molar-refractivity contribution in [2.45, 2.75) is 20.0 Å². The molecule has 0 spiro atoms. The number of aromatic nitrogens is 1. The normalized spacial score (nSPS) is 12.4. The van der Waals surface area contributed by atoms with Gasteiger partial charge in [0, 0.05) is 10.9 Å². The predicted octanol–water partition coefficient (Wildman–Crippen LogP) is 2.54. The number of hydrogen-bond donors (Lipinski definition) is 2. The molecule has 1 unspecified atom stereocenters. The first-order chi connectivity index (χ1) is 8.47. The van der Waals surface area contributed by atoms with Gasteiger partial charge in [-0.05, 0) is 26.0 Å². The molecule has 0 aliphatic rings. The number of benzene rings is 1. The monoisotopic (exact) mass is 263 g/mol. The summed E-state index contributed by atoms with van der Waals surface area (Å²) in [6.07, 6.45) is -1.55. The minimum Gasteiger partial charge on any atom is -0.479 e. The highest BCUT2D eigenvalue weighted by Gasteiger charge is 2.19. The Labute approximate surface area is 109 Å². The molecule has 1 aromatic carbocycles. The summed E-state index contributed by atoms with van der Waals surface area (Å²) in [4.78, 5) is 14.8. The fourth-order valence-corrected chi connectivity index (χ4v) is 2.60. The number of nitrogens with zero attached hydrogens (tertiary/aromatic N) is 1. The maximum atomic E-state index is 10.7. The van der Waals surface area contributed by atoms with Crippen molar-refractivity contribution in [1.29, 1.82) is 0 Å². The summed E-state index contributed by atoms with van der Waals surface area (Å²) in [5.41, 5.74) is 3.38. The van der Waals surface area contributed by atoms with E-state index >= 15 is 0 Å². The quantitative estimate of drug-likeness (QED) is 0.892. The van der Waals surface area contributed by atoms with E-state index in [4.69, 9.17) is 5.11 Å². The summed E-state index contributed by atoms with van der Waals surface area (Å²) in [7, 11) is 0. The standard InChI is InChI=1S/C13H13NO3S/c1-7-3-8(2)5-9(4-7)12-14-10(6-18-12)11(15)13(16)17/h3-6,11,15H,1-2H3,(H,16,17). The van der Waals surface area contributed by atoms with Crippen LogP contribution in [0.5, 0.6) is 0 Å². The van der Waals surface area contributed by atoms with E-state index in [1.54, 1.807) is 5.38 Å². The van der Waals surface area contributed by atoms with Gasteiger partial charge in [-0.2, -0.15) is 0 Å². The molecule has 94 valence electrons. The van der Waals surface area contributed by atoms with E-state index in [9.17, 15) is 9.90 Å². The number of carboxylic acid groups (broad SMARTS) is 1. The van der Waals surface area contributed by atoms with Gasteiger partial charge in [0.1, 0.15) is 5.01 Å². The van der Waals surface area contributed by atoms with Gasteiger partial charge in [-0.15, -0.1) is 11.3 Å². The van der Waals surface area contributed by atoms with Crippen LogP contribution in [0.25, 0.3) is 10.6 Å². The van der Waals surface area contributed by atoms with E-state index in [1.165, 1.54) is 11.3 Å². The molecule has 0 saturated heterocycles. The minimum absolute atomic E-state index is 0.182. The number of aliphatic hydroxyl groups excluding tert-OH is 1. The fourth-order valence-electron chi connectivity index (χ4n) is 1.77. The van der Waals surface area contributed by atoms with E-state index < -0.39 is 12.1 Å². The van der Waals surface area contributed by atoms with Gasteiger partial charge in [0.15, 0.2) is 6.10 Å². The third-order valence-corrected chi connectivity index (χ3v) is 3.41. The lowest BCUT2D eigenvalue weighted by molar-refractivity contribution is -0.147. The number of aliphatic carboxylic acids is 1. The average molecular weight is 263 g/mol. The second-order valence-electron chi connectivity index (χ2n) is 4.19. The Bertz CT molecular complexity index is 571. The summed E-state index contributed by atoms with van der Waals surface area (Å²) in [5.74, 6) is -1.28. The largest absolute Gasteiger partial charge is 0.479 e. The smallest absolute Gasteiger partial charge is 0.338 e. The van der Waals surface area contributed by atoms with Crippen LogP contribution >= 0.6 is 11.3 Å². The summed E-state index contributed by atoms with van der Waals surface area (Å²) < 4.78 is 0. The maximum absolute atomic E-state index is 10.7. The van der Waals surface area contributed by atoms with Crippen molar-refractivity contribution >= 4 is 17.3 Å². The maximum Gasteiger partial charge on any atom is 0.338 e. The zero-order chi connectivity index (χ0) is 13.3. The minimum atomic E-state index is -1.55. The van der Waals surface area contributed by atoms with E-state index in [2.05, 4.69) is 11.1 Å². The molecule has 2 rings (SSSR count). The van der Waals surface area contributed by atoms with Gasteiger partial charge in [-0.25, -0.2) is 9.78 Å². The van der Waals surface area contributed by atoms with Gasteiger partial charge < -0.3 is 10.2 Å². The van der Waals surface area contributed by atoms with Gasteiger partial charge in [0.25, 0.3) is 0 Å². The molecule has 0 aliphatic carbocycles. The number of thiazole rings is 1. The van der Waals surface area contributed by atoms with Crippen LogP contribution in [0.1, 0.15) is 22.9 Å². The molecular weight excluding hydrogens is 250 g/mol. The van der Waals surface area contributed by atoms with E-state index in [-0.39, 0.29) is 5.69 Å². The zero-order valence-electron chi connectivity index (χ0n) is 10.0. The summed E-state index contributed by atoms with van der Waals surface area (Å²) in [5, 5.41) is 20.4. The Kier molecular flexibility index (Phi) is 3.45. The van der Waals surface area contributed by atoms with Crippen molar-refractivity contribution in [3.05, 3.63) is 40.4 Å². The third kappa shape index (κ3) is 2.57. The van der Waals surface area contributed by atoms with Crippen molar-refractivity contribution in [3.8, 4) is 10.6 Å². The van der Waals surface area contributed by atoms with Crippen molar-refractivity contribution in [2.24, 2.45) is 0 Å². The van der Waals surface area contributed by atoms with Gasteiger partial charge in [-0.1, -0.05) is 17.2 Å². The number of hydrogen-bond acceptors (Lipinski definition) is 4. The highest BCUT2D eigenvalue weighted by molar-refractivity contribution is 7.13. The van der Waals surface area contributed by atoms with Crippen LogP contribution < -0.4 is 0 Å². The third-order valence-electron chi connectivity index (χ3n) is 2.50. The molecule has 0 amide bonds. The van der Waals surface area contributed by atoms with Crippen LogP contribution in [0.4, 0.5) is 0 Å². The number of carboxylic acids is 1. The topological polar surface area (TPSA) is 70.4 Å². The Hall–Kier alpha value is -1.72. The van der Waals surface area contributed by atoms with Crippen molar-refractivity contribution in [3.63, 3.8) is 0 Å². The molecule has 2 N–H and O–H groups in total. The Balaban J connectivity index is 2.37. The first-order valence-electron chi connectivity index (χ1n) is 5.42. The van der Waals surface area contributed by atoms with E-state index in [1.807, 2.05) is 26.0 Å². The average Bonchev–Trinajstić information content (AvgIpc) is 2.75. The zero-order valence-corrected chi connectivity index (χ0v) is 10.9. The van der Waals surface area contributed by atoms with Gasteiger partial charge in [0.05, 0.1) is 5.69 Å². The predicted molar refractivity (Wildman–Crippen MR) is 69.6 cm³/mol. The number of carbonyl (C=O) groups is 1.